The minimum atomic E-state index is 0.677. The number of thiol groups is 1. The molecule has 0 N–H and O–H groups in total. The van der Waals surface area contributed by atoms with Crippen molar-refractivity contribution in [3.8, 4) is 0 Å². The summed E-state index contributed by atoms with van der Waals surface area (Å²) in [7, 11) is 0. The molecule has 0 aliphatic carbocycles. The lowest BCUT2D eigenvalue weighted by molar-refractivity contribution is 0.905. The van der Waals surface area contributed by atoms with E-state index in [9.17, 15) is 0 Å². The third kappa shape index (κ3) is 0.769. The Balaban J connectivity index is 2.86. The summed E-state index contributed by atoms with van der Waals surface area (Å²) < 4.78 is 1.73. The molecular formula is C6H5N3S. The van der Waals surface area contributed by atoms with Gasteiger partial charge in [-0.25, -0.2) is 9.50 Å². The second-order valence-corrected chi connectivity index (χ2v) is 2.40. The van der Waals surface area contributed by atoms with Crippen molar-refractivity contribution in [3.63, 3.8) is 0 Å². The minimum Gasteiger partial charge on any atom is -0.246 e. The first-order valence-corrected chi connectivity index (χ1v) is 3.29. The summed E-state index contributed by atoms with van der Waals surface area (Å²) in [6.45, 7) is 0. The van der Waals surface area contributed by atoms with Crippen molar-refractivity contribution in [3.05, 3.63) is 24.7 Å². The van der Waals surface area contributed by atoms with E-state index < -0.39 is 0 Å². The van der Waals surface area contributed by atoms with Gasteiger partial charge in [0.05, 0.1) is 24.1 Å². The summed E-state index contributed by atoms with van der Waals surface area (Å²) >= 11 is 4.06. The number of fused-ring (bicyclic) bond motifs is 1. The summed E-state index contributed by atoms with van der Waals surface area (Å²) in [6.07, 6.45) is 5.22. The molecule has 0 saturated heterocycles. The van der Waals surface area contributed by atoms with Crippen molar-refractivity contribution >= 4 is 18.1 Å². The second kappa shape index (κ2) is 1.98. The molecule has 0 unspecified atom stereocenters. The predicted molar refractivity (Wildman–Crippen MR) is 40.2 cm³/mol. The zero-order chi connectivity index (χ0) is 6.97. The van der Waals surface area contributed by atoms with Crippen LogP contribution < -0.4 is 0 Å². The fourth-order valence-electron chi connectivity index (χ4n) is 0.810. The molecule has 0 fully saturated rings. The Morgan fingerprint density at radius 2 is 2.40 bits per heavy atom. The van der Waals surface area contributed by atoms with Gasteiger partial charge in [-0.3, -0.25) is 0 Å². The maximum Gasteiger partial charge on any atom is 0.111 e. The molecule has 0 atom stereocenters. The number of hydrogen-bond acceptors (Lipinski definition) is 3. The van der Waals surface area contributed by atoms with Gasteiger partial charge in [0, 0.05) is 0 Å². The molecule has 3 nitrogen and oxygen atoms in total. The molecule has 0 bridgehead atoms. The van der Waals surface area contributed by atoms with E-state index in [1.54, 1.807) is 23.1 Å². The minimum absolute atomic E-state index is 0.677. The van der Waals surface area contributed by atoms with E-state index in [1.165, 1.54) is 0 Å². The Hall–Kier alpha value is -1.03. The Morgan fingerprint density at radius 3 is 3.30 bits per heavy atom. The summed E-state index contributed by atoms with van der Waals surface area (Å²) in [5.74, 6) is 0. The van der Waals surface area contributed by atoms with Crippen molar-refractivity contribution in [2.45, 2.75) is 5.03 Å². The van der Waals surface area contributed by atoms with E-state index in [0.29, 0.717) is 5.03 Å². The highest BCUT2D eigenvalue weighted by molar-refractivity contribution is 7.80. The third-order valence-corrected chi connectivity index (χ3v) is 1.50. The van der Waals surface area contributed by atoms with Crippen LogP contribution >= 0.6 is 12.6 Å². The number of rotatable bonds is 0. The van der Waals surface area contributed by atoms with Crippen LogP contribution in [0.5, 0.6) is 0 Å². The maximum atomic E-state index is 4.06. The molecule has 10 heavy (non-hydrogen) atoms. The molecule has 0 aromatic carbocycles. The molecule has 2 aromatic rings. The first kappa shape index (κ1) is 5.73. The van der Waals surface area contributed by atoms with Gasteiger partial charge in [-0.1, -0.05) is 0 Å². The van der Waals surface area contributed by atoms with Gasteiger partial charge in [0.15, 0.2) is 0 Å². The molecule has 0 aliphatic rings. The molecule has 0 saturated carbocycles. The lowest BCUT2D eigenvalue weighted by Gasteiger charge is -1.91. The number of aromatic nitrogens is 3. The Labute approximate surface area is 63.1 Å². The van der Waals surface area contributed by atoms with E-state index in [2.05, 4.69) is 22.7 Å². The fraction of sp³-hybridized carbons (Fsp3) is 0. The van der Waals surface area contributed by atoms with Crippen molar-refractivity contribution in [2.24, 2.45) is 0 Å². The van der Waals surface area contributed by atoms with E-state index in [0.717, 1.165) is 5.52 Å². The molecule has 2 rings (SSSR count). The molecule has 0 spiro atoms. The van der Waals surface area contributed by atoms with Crippen LogP contribution in [-0.4, -0.2) is 14.6 Å². The van der Waals surface area contributed by atoms with Gasteiger partial charge >= 0.3 is 0 Å². The van der Waals surface area contributed by atoms with Crippen LogP contribution in [0.2, 0.25) is 0 Å². The lowest BCUT2D eigenvalue weighted by Crippen LogP contribution is -1.87. The van der Waals surface area contributed by atoms with Crippen LogP contribution in [0.15, 0.2) is 29.7 Å². The Bertz CT molecular complexity index is 355. The van der Waals surface area contributed by atoms with E-state index in [-0.39, 0.29) is 0 Å². The molecule has 50 valence electrons. The number of nitrogens with zero attached hydrogens (tertiary/aromatic N) is 3. The second-order valence-electron chi connectivity index (χ2n) is 1.95. The first-order chi connectivity index (χ1) is 4.86. The van der Waals surface area contributed by atoms with E-state index >= 15 is 0 Å². The average Bonchev–Trinajstić information content (AvgIpc) is 2.33. The highest BCUT2D eigenvalue weighted by Crippen LogP contribution is 2.03. The standard InChI is InChI=1S/C6H5N3S/c10-6-4-9-5(3-7-6)1-2-8-9/h1-4,10H. The largest absolute Gasteiger partial charge is 0.246 e. The highest BCUT2D eigenvalue weighted by Gasteiger charge is 1.91. The normalized spacial score (nSPS) is 10.5. The van der Waals surface area contributed by atoms with Gasteiger partial charge in [0.25, 0.3) is 0 Å². The lowest BCUT2D eigenvalue weighted by atomic mass is 10.5. The SMILES string of the molecule is Sc1cn2nccc2cn1. The van der Waals surface area contributed by atoms with Crippen LogP contribution in [0.3, 0.4) is 0 Å². The topological polar surface area (TPSA) is 30.2 Å². The first-order valence-electron chi connectivity index (χ1n) is 2.84. The molecule has 0 amide bonds. The maximum absolute atomic E-state index is 4.06. The zero-order valence-corrected chi connectivity index (χ0v) is 5.99. The fourth-order valence-corrected chi connectivity index (χ4v) is 0.977. The van der Waals surface area contributed by atoms with E-state index in [4.69, 9.17) is 0 Å². The smallest absolute Gasteiger partial charge is 0.111 e. The highest BCUT2D eigenvalue weighted by atomic mass is 32.1. The Kier molecular flexibility index (Phi) is 1.14. The Morgan fingerprint density at radius 1 is 1.50 bits per heavy atom. The summed E-state index contributed by atoms with van der Waals surface area (Å²) in [6, 6.07) is 1.89. The van der Waals surface area contributed by atoms with Crippen LogP contribution in [-0.2, 0) is 0 Å². The quantitative estimate of drug-likeness (QED) is 0.570. The van der Waals surface area contributed by atoms with Crippen molar-refractivity contribution < 1.29 is 0 Å². The van der Waals surface area contributed by atoms with Crippen molar-refractivity contribution in [1.82, 2.24) is 14.6 Å². The summed E-state index contributed by atoms with van der Waals surface area (Å²) in [5, 5.41) is 4.68. The number of hydrogen-bond donors (Lipinski definition) is 1. The average molecular weight is 151 g/mol. The third-order valence-electron chi connectivity index (χ3n) is 1.27. The molecule has 2 aromatic heterocycles. The molecule has 0 aliphatic heterocycles. The van der Waals surface area contributed by atoms with Gasteiger partial charge in [-0.15, -0.1) is 12.6 Å². The molecule has 4 heteroatoms. The van der Waals surface area contributed by atoms with Gasteiger partial charge in [-0.05, 0) is 6.07 Å². The van der Waals surface area contributed by atoms with Crippen LogP contribution in [0.4, 0.5) is 0 Å². The molecular weight excluding hydrogens is 146 g/mol. The van der Waals surface area contributed by atoms with Gasteiger partial charge in [-0.2, -0.15) is 5.10 Å². The van der Waals surface area contributed by atoms with Crippen LogP contribution in [0.25, 0.3) is 5.52 Å². The van der Waals surface area contributed by atoms with Crippen molar-refractivity contribution in [1.29, 1.82) is 0 Å². The van der Waals surface area contributed by atoms with Crippen molar-refractivity contribution in [2.75, 3.05) is 0 Å². The monoisotopic (exact) mass is 151 g/mol. The zero-order valence-electron chi connectivity index (χ0n) is 5.10. The van der Waals surface area contributed by atoms with Crippen LogP contribution in [0.1, 0.15) is 0 Å². The van der Waals surface area contributed by atoms with Gasteiger partial charge in [0.1, 0.15) is 5.03 Å². The van der Waals surface area contributed by atoms with Gasteiger partial charge in [0.2, 0.25) is 0 Å². The summed E-state index contributed by atoms with van der Waals surface area (Å²) in [4.78, 5) is 3.98. The molecule has 2 heterocycles. The van der Waals surface area contributed by atoms with Gasteiger partial charge < -0.3 is 0 Å². The summed E-state index contributed by atoms with van der Waals surface area (Å²) in [5.41, 5.74) is 0.984. The molecule has 0 radical (unpaired) electrons. The predicted octanol–water partition coefficient (Wildman–Crippen LogP) is 1.02. The van der Waals surface area contributed by atoms with Crippen LogP contribution in [0, 0.1) is 0 Å². The van der Waals surface area contributed by atoms with E-state index in [1.807, 2.05) is 6.07 Å².